The number of nitrogens with one attached hydrogen (secondary N) is 1. The Kier molecular flexibility index (Phi) is 8.03. The molecule has 0 radical (unpaired) electrons. The Labute approximate surface area is 172 Å². The van der Waals surface area contributed by atoms with E-state index in [2.05, 4.69) is 45.5 Å². The average Bonchev–Trinajstić information content (AvgIpc) is 3.39. The van der Waals surface area contributed by atoms with Crippen LogP contribution in [0.25, 0.3) is 0 Å². The second kappa shape index (κ2) is 10.7. The Morgan fingerprint density at radius 2 is 2.11 bits per heavy atom. The minimum absolute atomic E-state index is 0.0267. The molecule has 0 aromatic heterocycles. The smallest absolute Gasteiger partial charge is 0.243 e. The molecule has 2 aliphatic heterocycles. The van der Waals surface area contributed by atoms with Crippen molar-refractivity contribution >= 4 is 23.6 Å². The molecule has 6 nitrogen and oxygen atoms in total. The quantitative estimate of drug-likeness (QED) is 0.429. The minimum Gasteiger partial charge on any atom is -0.381 e. The van der Waals surface area contributed by atoms with Crippen LogP contribution >= 0.6 is 11.8 Å². The SMILES string of the molecule is CN(C)C(=O)CN=C(NCC1CCOC1)N1CCC(CSc2ccccc2)C1. The predicted octanol–water partition coefficient (Wildman–Crippen LogP) is 2.17. The summed E-state index contributed by atoms with van der Waals surface area (Å²) in [7, 11) is 3.54. The monoisotopic (exact) mass is 404 g/mol. The molecule has 7 heteroatoms. The van der Waals surface area contributed by atoms with Gasteiger partial charge in [-0.3, -0.25) is 4.79 Å². The third-order valence-corrected chi connectivity index (χ3v) is 6.49. The number of nitrogens with zero attached hydrogens (tertiary/aromatic N) is 3. The van der Waals surface area contributed by atoms with E-state index >= 15 is 0 Å². The fourth-order valence-corrected chi connectivity index (χ4v) is 4.47. The van der Waals surface area contributed by atoms with Crippen molar-refractivity contribution < 1.29 is 9.53 Å². The van der Waals surface area contributed by atoms with E-state index in [9.17, 15) is 4.79 Å². The average molecular weight is 405 g/mol. The fourth-order valence-electron chi connectivity index (χ4n) is 3.42. The number of hydrogen-bond donors (Lipinski definition) is 1. The zero-order valence-corrected chi connectivity index (χ0v) is 17.8. The van der Waals surface area contributed by atoms with Gasteiger partial charge in [0.2, 0.25) is 5.91 Å². The van der Waals surface area contributed by atoms with E-state index in [1.54, 1.807) is 19.0 Å². The lowest BCUT2D eigenvalue weighted by Crippen LogP contribution is -2.43. The number of carbonyl (C=O) groups is 1. The van der Waals surface area contributed by atoms with Gasteiger partial charge in [-0.15, -0.1) is 11.8 Å². The first kappa shape index (κ1) is 21.0. The van der Waals surface area contributed by atoms with Crippen molar-refractivity contribution in [2.45, 2.75) is 17.7 Å². The molecule has 1 aromatic rings. The van der Waals surface area contributed by atoms with Crippen LogP contribution in [0.15, 0.2) is 40.2 Å². The second-order valence-electron chi connectivity index (χ2n) is 7.76. The Morgan fingerprint density at radius 1 is 1.29 bits per heavy atom. The molecule has 3 rings (SSSR count). The lowest BCUT2D eigenvalue weighted by molar-refractivity contribution is -0.127. The highest BCUT2D eigenvalue weighted by Gasteiger charge is 2.26. The molecule has 154 valence electrons. The summed E-state index contributed by atoms with van der Waals surface area (Å²) in [5.74, 6) is 3.17. The highest BCUT2D eigenvalue weighted by Crippen LogP contribution is 2.26. The van der Waals surface area contributed by atoms with Crippen LogP contribution in [-0.4, -0.2) is 80.9 Å². The maximum atomic E-state index is 12.0. The lowest BCUT2D eigenvalue weighted by Gasteiger charge is -2.23. The van der Waals surface area contributed by atoms with Gasteiger partial charge < -0.3 is 19.9 Å². The van der Waals surface area contributed by atoms with E-state index in [0.29, 0.717) is 11.8 Å². The van der Waals surface area contributed by atoms with Gasteiger partial charge in [0, 0.05) is 56.9 Å². The number of aliphatic imine (C=N–C) groups is 1. The molecular formula is C21H32N4O2S. The van der Waals surface area contributed by atoms with Crippen molar-refractivity contribution in [1.82, 2.24) is 15.1 Å². The number of rotatable bonds is 7. The van der Waals surface area contributed by atoms with Crippen molar-refractivity contribution in [3.8, 4) is 0 Å². The molecule has 0 aliphatic carbocycles. The number of amides is 1. The molecular weight excluding hydrogens is 372 g/mol. The van der Waals surface area contributed by atoms with Crippen molar-refractivity contribution in [2.24, 2.45) is 16.8 Å². The summed E-state index contributed by atoms with van der Waals surface area (Å²) in [4.78, 5) is 21.9. The van der Waals surface area contributed by atoms with E-state index in [1.807, 2.05) is 11.8 Å². The first-order valence-electron chi connectivity index (χ1n) is 10.1. The van der Waals surface area contributed by atoms with Gasteiger partial charge in [0.1, 0.15) is 6.54 Å². The highest BCUT2D eigenvalue weighted by molar-refractivity contribution is 7.99. The Balaban J connectivity index is 1.54. The standard InChI is InChI=1S/C21H32N4O2S/c1-24(2)20(26)13-23-21(22-12-17-9-11-27-15-17)25-10-8-18(14-25)16-28-19-6-4-3-5-7-19/h3-7,17-18H,8-16H2,1-2H3,(H,22,23). The summed E-state index contributed by atoms with van der Waals surface area (Å²) in [6.07, 6.45) is 2.25. The van der Waals surface area contributed by atoms with Gasteiger partial charge in [-0.25, -0.2) is 4.99 Å². The zero-order chi connectivity index (χ0) is 19.8. The summed E-state index contributed by atoms with van der Waals surface area (Å²) in [5, 5.41) is 3.51. The van der Waals surface area contributed by atoms with Crippen LogP contribution in [0.1, 0.15) is 12.8 Å². The largest absolute Gasteiger partial charge is 0.381 e. The van der Waals surface area contributed by atoms with Crippen molar-refractivity contribution in [3.63, 3.8) is 0 Å². The van der Waals surface area contributed by atoms with E-state index in [-0.39, 0.29) is 12.5 Å². The van der Waals surface area contributed by atoms with Gasteiger partial charge in [-0.05, 0) is 30.9 Å². The highest BCUT2D eigenvalue weighted by atomic mass is 32.2. The van der Waals surface area contributed by atoms with Gasteiger partial charge in [0.25, 0.3) is 0 Å². The molecule has 0 bridgehead atoms. The summed E-state index contributed by atoms with van der Waals surface area (Å²) in [6.45, 7) is 4.69. The minimum atomic E-state index is 0.0267. The zero-order valence-electron chi connectivity index (χ0n) is 17.0. The molecule has 1 amide bonds. The molecule has 1 aromatic carbocycles. The molecule has 2 fully saturated rings. The van der Waals surface area contributed by atoms with Crippen molar-refractivity contribution in [2.75, 3.05) is 59.2 Å². The van der Waals surface area contributed by atoms with Crippen LogP contribution in [0.2, 0.25) is 0 Å². The molecule has 2 saturated heterocycles. The molecule has 2 atom stereocenters. The van der Waals surface area contributed by atoms with Crippen LogP contribution in [0.5, 0.6) is 0 Å². The Morgan fingerprint density at radius 3 is 2.82 bits per heavy atom. The number of ether oxygens (including phenoxy) is 1. The van der Waals surface area contributed by atoms with E-state index < -0.39 is 0 Å². The number of guanidine groups is 1. The maximum Gasteiger partial charge on any atom is 0.243 e. The van der Waals surface area contributed by atoms with Gasteiger partial charge in [0.15, 0.2) is 5.96 Å². The molecule has 28 heavy (non-hydrogen) atoms. The fraction of sp³-hybridized carbons (Fsp3) is 0.619. The van der Waals surface area contributed by atoms with Gasteiger partial charge in [-0.2, -0.15) is 0 Å². The maximum absolute atomic E-state index is 12.0. The normalized spacial score (nSPS) is 22.5. The van der Waals surface area contributed by atoms with Crippen LogP contribution in [-0.2, 0) is 9.53 Å². The topological polar surface area (TPSA) is 57.2 Å². The van der Waals surface area contributed by atoms with Gasteiger partial charge in [0.05, 0.1) is 6.61 Å². The third kappa shape index (κ3) is 6.41. The predicted molar refractivity (Wildman–Crippen MR) is 115 cm³/mol. The molecule has 2 unspecified atom stereocenters. The number of likely N-dealkylation sites (tertiary alicyclic amines) is 1. The van der Waals surface area contributed by atoms with Gasteiger partial charge >= 0.3 is 0 Å². The first-order valence-corrected chi connectivity index (χ1v) is 11.1. The van der Waals surface area contributed by atoms with Crippen LogP contribution in [0.3, 0.4) is 0 Å². The van der Waals surface area contributed by atoms with E-state index in [0.717, 1.165) is 57.4 Å². The van der Waals surface area contributed by atoms with Gasteiger partial charge in [-0.1, -0.05) is 18.2 Å². The number of likely N-dealkylation sites (N-methyl/N-ethyl adjacent to an activating group) is 1. The molecule has 2 heterocycles. The van der Waals surface area contributed by atoms with Crippen LogP contribution in [0, 0.1) is 11.8 Å². The molecule has 0 saturated carbocycles. The second-order valence-corrected chi connectivity index (χ2v) is 8.86. The number of hydrogen-bond acceptors (Lipinski definition) is 4. The van der Waals surface area contributed by atoms with E-state index in [4.69, 9.17) is 4.74 Å². The number of benzene rings is 1. The summed E-state index contributed by atoms with van der Waals surface area (Å²) in [6, 6.07) is 10.6. The van der Waals surface area contributed by atoms with Crippen molar-refractivity contribution in [3.05, 3.63) is 30.3 Å². The molecule has 1 N–H and O–H groups in total. The first-order chi connectivity index (χ1) is 13.6. The van der Waals surface area contributed by atoms with Crippen molar-refractivity contribution in [1.29, 1.82) is 0 Å². The number of thioether (sulfide) groups is 1. The summed E-state index contributed by atoms with van der Waals surface area (Å²) in [5.41, 5.74) is 0. The molecule has 0 spiro atoms. The van der Waals surface area contributed by atoms with Crippen LogP contribution in [0.4, 0.5) is 0 Å². The Bertz CT molecular complexity index is 647. The molecule has 2 aliphatic rings. The Hall–Kier alpha value is -1.73. The lowest BCUT2D eigenvalue weighted by atomic mass is 10.1. The third-order valence-electron chi connectivity index (χ3n) is 5.25. The number of carbonyl (C=O) groups excluding carboxylic acids is 1. The van der Waals surface area contributed by atoms with Crippen LogP contribution < -0.4 is 5.32 Å². The summed E-state index contributed by atoms with van der Waals surface area (Å²) < 4.78 is 5.48. The van der Waals surface area contributed by atoms with E-state index in [1.165, 1.54) is 4.90 Å². The summed E-state index contributed by atoms with van der Waals surface area (Å²) >= 11 is 1.92.